The van der Waals surface area contributed by atoms with Crippen molar-refractivity contribution in [2.45, 2.75) is 6.54 Å². The number of rotatable bonds is 2. The van der Waals surface area contributed by atoms with Crippen molar-refractivity contribution in [1.29, 1.82) is 0 Å². The Morgan fingerprint density at radius 1 is 1.06 bits per heavy atom. The van der Waals surface area contributed by atoms with Gasteiger partial charge in [-0.25, -0.2) is 4.98 Å². The molecule has 3 aromatic rings. The van der Waals surface area contributed by atoms with Crippen LogP contribution in [0.3, 0.4) is 0 Å². The summed E-state index contributed by atoms with van der Waals surface area (Å²) in [7, 11) is 0. The Bertz CT molecular complexity index is 689. The Balaban J connectivity index is 2.04. The number of hydrogen-bond acceptors (Lipinski definition) is 2. The summed E-state index contributed by atoms with van der Waals surface area (Å²) in [6.07, 6.45) is 0. The molecule has 0 spiro atoms. The summed E-state index contributed by atoms with van der Waals surface area (Å²) >= 11 is 6.15. The second-order valence-corrected chi connectivity index (χ2v) is 4.46. The van der Waals surface area contributed by atoms with E-state index in [0.29, 0.717) is 11.8 Å². The molecule has 4 heteroatoms. The highest BCUT2D eigenvalue weighted by atomic mass is 35.5. The van der Waals surface area contributed by atoms with Crippen LogP contribution in [0.25, 0.3) is 11.0 Å². The van der Waals surface area contributed by atoms with Crippen LogP contribution in [0.2, 0.25) is 5.28 Å². The zero-order valence-corrected chi connectivity index (χ0v) is 10.3. The fourth-order valence-corrected chi connectivity index (χ4v) is 2.22. The Hall–Kier alpha value is -2.00. The molecule has 2 aromatic carbocycles. The molecule has 1 aromatic heterocycles. The van der Waals surface area contributed by atoms with E-state index in [1.165, 1.54) is 0 Å². The minimum absolute atomic E-state index is 0.264. The summed E-state index contributed by atoms with van der Waals surface area (Å²) in [6.45, 7) is 0.639. The average molecular weight is 259 g/mol. The van der Waals surface area contributed by atoms with Crippen molar-refractivity contribution < 1.29 is 5.11 Å². The lowest BCUT2D eigenvalue weighted by atomic mass is 10.2. The van der Waals surface area contributed by atoms with E-state index in [1.807, 2.05) is 41.0 Å². The van der Waals surface area contributed by atoms with Gasteiger partial charge in [0.1, 0.15) is 5.75 Å². The van der Waals surface area contributed by atoms with Gasteiger partial charge in [0.2, 0.25) is 5.28 Å². The molecule has 0 amide bonds. The lowest BCUT2D eigenvalue weighted by Crippen LogP contribution is -1.99. The van der Waals surface area contributed by atoms with E-state index in [9.17, 15) is 5.11 Å². The van der Waals surface area contributed by atoms with Crippen molar-refractivity contribution in [1.82, 2.24) is 9.55 Å². The van der Waals surface area contributed by atoms with E-state index in [2.05, 4.69) is 4.98 Å². The third-order valence-corrected chi connectivity index (χ3v) is 3.17. The molecule has 1 N–H and O–H groups in total. The molecule has 3 rings (SSSR count). The molecular formula is C14H11ClN2O. The fourth-order valence-electron chi connectivity index (χ4n) is 1.98. The van der Waals surface area contributed by atoms with Crippen molar-refractivity contribution >= 4 is 22.6 Å². The number of phenols is 1. The van der Waals surface area contributed by atoms with Gasteiger partial charge in [0.05, 0.1) is 17.6 Å². The van der Waals surface area contributed by atoms with Gasteiger partial charge in [-0.15, -0.1) is 0 Å². The molecule has 90 valence electrons. The van der Waals surface area contributed by atoms with Crippen molar-refractivity contribution in [3.05, 3.63) is 59.4 Å². The third-order valence-electron chi connectivity index (χ3n) is 2.88. The number of imidazole rings is 1. The Labute approximate surface area is 109 Å². The first kappa shape index (κ1) is 11.1. The number of benzene rings is 2. The van der Waals surface area contributed by atoms with E-state index < -0.39 is 0 Å². The van der Waals surface area contributed by atoms with E-state index in [0.717, 1.165) is 16.6 Å². The minimum Gasteiger partial charge on any atom is -0.508 e. The zero-order chi connectivity index (χ0) is 12.5. The van der Waals surface area contributed by atoms with Gasteiger partial charge in [0, 0.05) is 0 Å². The number of phenolic OH excluding ortho intramolecular Hbond substituents is 1. The molecule has 1 heterocycles. The summed E-state index contributed by atoms with van der Waals surface area (Å²) in [4.78, 5) is 4.31. The number of aromatic nitrogens is 2. The van der Waals surface area contributed by atoms with E-state index in [-0.39, 0.29) is 5.75 Å². The number of halogens is 1. The van der Waals surface area contributed by atoms with Gasteiger partial charge in [0.25, 0.3) is 0 Å². The van der Waals surface area contributed by atoms with Gasteiger partial charge >= 0.3 is 0 Å². The lowest BCUT2D eigenvalue weighted by Gasteiger charge is -2.06. The van der Waals surface area contributed by atoms with E-state index in [1.54, 1.807) is 12.1 Å². The number of hydrogen-bond donors (Lipinski definition) is 1. The smallest absolute Gasteiger partial charge is 0.204 e. The monoisotopic (exact) mass is 258 g/mol. The van der Waals surface area contributed by atoms with Crippen LogP contribution in [0.1, 0.15) is 5.56 Å². The fraction of sp³-hybridized carbons (Fsp3) is 0.0714. The predicted molar refractivity (Wildman–Crippen MR) is 72.0 cm³/mol. The van der Waals surface area contributed by atoms with Gasteiger partial charge in [-0.2, -0.15) is 0 Å². The van der Waals surface area contributed by atoms with Crippen molar-refractivity contribution in [2.24, 2.45) is 0 Å². The van der Waals surface area contributed by atoms with Gasteiger partial charge in [-0.05, 0) is 41.4 Å². The zero-order valence-electron chi connectivity index (χ0n) is 9.55. The number of nitrogens with zero attached hydrogens (tertiary/aromatic N) is 2. The molecule has 0 aliphatic rings. The molecule has 0 bridgehead atoms. The highest BCUT2D eigenvalue weighted by Crippen LogP contribution is 2.21. The van der Waals surface area contributed by atoms with Crippen LogP contribution in [-0.4, -0.2) is 14.7 Å². The largest absolute Gasteiger partial charge is 0.508 e. The van der Waals surface area contributed by atoms with Crippen LogP contribution in [0.4, 0.5) is 0 Å². The second kappa shape index (κ2) is 4.35. The maximum absolute atomic E-state index is 9.26. The normalized spacial score (nSPS) is 10.9. The van der Waals surface area contributed by atoms with Crippen LogP contribution in [-0.2, 0) is 6.54 Å². The number of aromatic hydroxyl groups is 1. The molecule has 0 aliphatic carbocycles. The van der Waals surface area contributed by atoms with Crippen molar-refractivity contribution in [3.8, 4) is 5.75 Å². The van der Waals surface area contributed by atoms with Gasteiger partial charge in [0.15, 0.2) is 0 Å². The Morgan fingerprint density at radius 2 is 1.78 bits per heavy atom. The second-order valence-electron chi connectivity index (χ2n) is 4.12. The van der Waals surface area contributed by atoms with Crippen LogP contribution >= 0.6 is 11.6 Å². The summed E-state index contributed by atoms with van der Waals surface area (Å²) in [6, 6.07) is 14.9. The van der Waals surface area contributed by atoms with Gasteiger partial charge in [-0.3, -0.25) is 0 Å². The molecule has 0 saturated heterocycles. The minimum atomic E-state index is 0.264. The standard InChI is InChI=1S/C14H11ClN2O/c15-14-16-12-3-1-2-4-13(12)17(14)9-10-5-7-11(18)8-6-10/h1-8,18H,9H2. The molecule has 0 unspecified atom stereocenters. The first-order chi connectivity index (χ1) is 8.74. The summed E-state index contributed by atoms with van der Waals surface area (Å²) < 4.78 is 1.95. The first-order valence-electron chi connectivity index (χ1n) is 5.63. The predicted octanol–water partition coefficient (Wildman–Crippen LogP) is 3.44. The molecule has 18 heavy (non-hydrogen) atoms. The molecule has 0 fully saturated rings. The quantitative estimate of drug-likeness (QED) is 0.765. The third kappa shape index (κ3) is 1.93. The maximum atomic E-state index is 9.26. The molecular weight excluding hydrogens is 248 g/mol. The van der Waals surface area contributed by atoms with Gasteiger partial charge < -0.3 is 9.67 Å². The van der Waals surface area contributed by atoms with Crippen LogP contribution in [0.5, 0.6) is 5.75 Å². The topological polar surface area (TPSA) is 38.0 Å². The van der Waals surface area contributed by atoms with E-state index >= 15 is 0 Å². The number of fused-ring (bicyclic) bond motifs is 1. The van der Waals surface area contributed by atoms with Crippen molar-refractivity contribution in [3.63, 3.8) is 0 Å². The van der Waals surface area contributed by atoms with Crippen LogP contribution < -0.4 is 0 Å². The molecule has 0 saturated carbocycles. The first-order valence-corrected chi connectivity index (χ1v) is 6.00. The molecule has 0 radical (unpaired) electrons. The summed E-state index contributed by atoms with van der Waals surface area (Å²) in [5, 5.41) is 9.74. The average Bonchev–Trinajstić information content (AvgIpc) is 2.69. The maximum Gasteiger partial charge on any atom is 0.204 e. The molecule has 3 nitrogen and oxygen atoms in total. The van der Waals surface area contributed by atoms with Gasteiger partial charge in [-0.1, -0.05) is 24.3 Å². The Morgan fingerprint density at radius 3 is 2.56 bits per heavy atom. The van der Waals surface area contributed by atoms with Crippen molar-refractivity contribution in [2.75, 3.05) is 0 Å². The Kier molecular flexibility index (Phi) is 2.68. The summed E-state index contributed by atoms with van der Waals surface area (Å²) in [5.74, 6) is 0.264. The molecule has 0 atom stereocenters. The van der Waals surface area contributed by atoms with Crippen LogP contribution in [0.15, 0.2) is 48.5 Å². The highest BCUT2D eigenvalue weighted by Gasteiger charge is 2.08. The van der Waals surface area contributed by atoms with Crippen LogP contribution in [0, 0.1) is 0 Å². The highest BCUT2D eigenvalue weighted by molar-refractivity contribution is 6.29. The summed E-state index contributed by atoms with van der Waals surface area (Å²) in [5.41, 5.74) is 2.97. The SMILES string of the molecule is Oc1ccc(Cn2c(Cl)nc3ccccc32)cc1. The lowest BCUT2D eigenvalue weighted by molar-refractivity contribution is 0.475. The van der Waals surface area contributed by atoms with E-state index in [4.69, 9.17) is 11.6 Å². The number of para-hydroxylation sites is 2. The molecule has 0 aliphatic heterocycles.